The first-order valence-corrected chi connectivity index (χ1v) is 5.99. The molecule has 3 heteroatoms. The summed E-state index contributed by atoms with van der Waals surface area (Å²) < 4.78 is 10.4. The number of benzene rings is 1. The fraction of sp³-hybridized carbons (Fsp3) is 0.571. The summed E-state index contributed by atoms with van der Waals surface area (Å²) >= 11 is 0. The maximum atomic E-state index is 5.31. The molecule has 96 valence electrons. The van der Waals surface area contributed by atoms with Crippen LogP contribution in [-0.2, 0) is 9.47 Å². The third kappa shape index (κ3) is 4.86. The highest BCUT2D eigenvalue weighted by molar-refractivity contribution is 5.23. The van der Waals surface area contributed by atoms with Gasteiger partial charge in [-0.25, -0.2) is 0 Å². The molecule has 0 amide bonds. The molecule has 0 aliphatic rings. The topological polar surface area (TPSA) is 30.5 Å². The van der Waals surface area contributed by atoms with Crippen LogP contribution >= 0.6 is 0 Å². The van der Waals surface area contributed by atoms with Gasteiger partial charge in [-0.1, -0.05) is 29.8 Å². The fourth-order valence-corrected chi connectivity index (χ4v) is 1.68. The lowest BCUT2D eigenvalue weighted by atomic mass is 10.1. The van der Waals surface area contributed by atoms with Crippen LogP contribution in [0.25, 0.3) is 0 Å². The van der Waals surface area contributed by atoms with Crippen molar-refractivity contribution in [3.63, 3.8) is 0 Å². The van der Waals surface area contributed by atoms with E-state index in [1.54, 1.807) is 14.2 Å². The summed E-state index contributed by atoms with van der Waals surface area (Å²) in [6.07, 6.45) is 0.105. The Morgan fingerprint density at radius 3 is 2.35 bits per heavy atom. The molecule has 1 rings (SSSR count). The Kier molecular flexibility index (Phi) is 6.19. The lowest BCUT2D eigenvalue weighted by molar-refractivity contribution is 0.0276. The van der Waals surface area contributed by atoms with Gasteiger partial charge in [-0.05, 0) is 19.4 Å². The maximum absolute atomic E-state index is 5.31. The van der Waals surface area contributed by atoms with E-state index in [0.29, 0.717) is 12.6 Å². The van der Waals surface area contributed by atoms with E-state index in [1.165, 1.54) is 11.1 Å². The molecule has 0 saturated carbocycles. The second-order valence-corrected chi connectivity index (χ2v) is 4.35. The summed E-state index contributed by atoms with van der Waals surface area (Å²) in [7, 11) is 3.40. The Balaban J connectivity index is 2.43. The molecule has 3 nitrogen and oxygen atoms in total. The van der Waals surface area contributed by atoms with E-state index in [9.17, 15) is 0 Å². The van der Waals surface area contributed by atoms with Crippen molar-refractivity contribution in [3.05, 3.63) is 35.4 Å². The predicted octanol–water partition coefficient (Wildman–Crippen LogP) is 2.31. The van der Waals surface area contributed by atoms with E-state index in [0.717, 1.165) is 6.54 Å². The van der Waals surface area contributed by atoms with Gasteiger partial charge < -0.3 is 14.8 Å². The van der Waals surface area contributed by atoms with Crippen molar-refractivity contribution in [1.82, 2.24) is 5.32 Å². The van der Waals surface area contributed by atoms with Crippen molar-refractivity contribution in [1.29, 1.82) is 0 Å². The molecule has 0 aromatic heterocycles. The van der Waals surface area contributed by atoms with E-state index in [2.05, 4.69) is 43.4 Å². The average Bonchev–Trinajstić information content (AvgIpc) is 2.35. The van der Waals surface area contributed by atoms with Gasteiger partial charge in [0.1, 0.15) is 0 Å². The van der Waals surface area contributed by atoms with E-state index in [4.69, 9.17) is 9.47 Å². The Labute approximate surface area is 104 Å². The molecule has 0 bridgehead atoms. The Bertz CT molecular complexity index is 311. The van der Waals surface area contributed by atoms with Gasteiger partial charge in [-0.2, -0.15) is 0 Å². The number of nitrogens with one attached hydrogen (secondary N) is 1. The molecular formula is C14H23NO2. The lowest BCUT2D eigenvalue weighted by Gasteiger charge is -2.19. The van der Waals surface area contributed by atoms with Crippen molar-refractivity contribution in [2.24, 2.45) is 0 Å². The summed E-state index contributed by atoms with van der Waals surface area (Å²) in [6, 6.07) is 8.91. The number of aryl methyl sites for hydroxylation is 1. The summed E-state index contributed by atoms with van der Waals surface area (Å²) in [5, 5.41) is 3.45. The van der Waals surface area contributed by atoms with Gasteiger partial charge >= 0.3 is 0 Å². The summed E-state index contributed by atoms with van der Waals surface area (Å²) in [5.74, 6) is 0. The van der Waals surface area contributed by atoms with Gasteiger partial charge in [0.25, 0.3) is 0 Å². The molecular weight excluding hydrogens is 214 g/mol. The molecule has 0 spiro atoms. The van der Waals surface area contributed by atoms with Crippen LogP contribution in [0.1, 0.15) is 24.1 Å². The summed E-state index contributed by atoms with van der Waals surface area (Å²) in [6.45, 7) is 5.66. The molecule has 17 heavy (non-hydrogen) atoms. The molecule has 1 aromatic rings. The average molecular weight is 237 g/mol. The van der Waals surface area contributed by atoms with Crippen LogP contribution in [0.4, 0.5) is 0 Å². The van der Waals surface area contributed by atoms with Crippen molar-refractivity contribution >= 4 is 0 Å². The SMILES string of the molecule is COCC(CNC(C)c1ccc(C)cc1)OC. The first-order chi connectivity index (χ1) is 8.17. The van der Waals surface area contributed by atoms with Gasteiger partial charge in [0.05, 0.1) is 12.7 Å². The molecule has 2 atom stereocenters. The van der Waals surface area contributed by atoms with Crippen LogP contribution in [0.3, 0.4) is 0 Å². The standard InChI is InChI=1S/C14H23NO2/c1-11-5-7-13(8-6-11)12(2)15-9-14(17-4)10-16-3/h5-8,12,14-15H,9-10H2,1-4H3. The van der Waals surface area contributed by atoms with Crippen LogP contribution in [-0.4, -0.2) is 33.5 Å². The molecule has 1 aromatic carbocycles. The molecule has 0 aliphatic heterocycles. The lowest BCUT2D eigenvalue weighted by Crippen LogP contribution is -2.33. The molecule has 0 radical (unpaired) electrons. The first-order valence-electron chi connectivity index (χ1n) is 5.99. The molecule has 0 heterocycles. The van der Waals surface area contributed by atoms with Gasteiger partial charge in [-0.3, -0.25) is 0 Å². The van der Waals surface area contributed by atoms with Crippen LogP contribution in [0.5, 0.6) is 0 Å². The Morgan fingerprint density at radius 1 is 1.18 bits per heavy atom. The smallest absolute Gasteiger partial charge is 0.0928 e. The van der Waals surface area contributed by atoms with Crippen molar-refractivity contribution in [2.45, 2.75) is 26.0 Å². The van der Waals surface area contributed by atoms with Crippen molar-refractivity contribution in [2.75, 3.05) is 27.4 Å². The largest absolute Gasteiger partial charge is 0.382 e. The third-order valence-corrected chi connectivity index (χ3v) is 2.91. The minimum atomic E-state index is 0.105. The Morgan fingerprint density at radius 2 is 1.82 bits per heavy atom. The van der Waals surface area contributed by atoms with Gasteiger partial charge in [0.15, 0.2) is 0 Å². The van der Waals surface area contributed by atoms with Crippen molar-refractivity contribution < 1.29 is 9.47 Å². The number of ether oxygens (including phenoxy) is 2. The van der Waals surface area contributed by atoms with Gasteiger partial charge in [0, 0.05) is 26.8 Å². The number of hydrogen-bond acceptors (Lipinski definition) is 3. The highest BCUT2D eigenvalue weighted by Crippen LogP contribution is 2.12. The highest BCUT2D eigenvalue weighted by Gasteiger charge is 2.10. The van der Waals surface area contributed by atoms with E-state index >= 15 is 0 Å². The minimum Gasteiger partial charge on any atom is -0.382 e. The van der Waals surface area contributed by atoms with E-state index in [1.807, 2.05) is 0 Å². The van der Waals surface area contributed by atoms with Gasteiger partial charge in [-0.15, -0.1) is 0 Å². The first kappa shape index (κ1) is 14.2. The zero-order valence-corrected chi connectivity index (χ0v) is 11.2. The minimum absolute atomic E-state index is 0.105. The molecule has 0 fully saturated rings. The summed E-state index contributed by atoms with van der Waals surface area (Å²) in [4.78, 5) is 0. The second-order valence-electron chi connectivity index (χ2n) is 4.35. The molecule has 2 unspecified atom stereocenters. The van der Waals surface area contributed by atoms with E-state index in [-0.39, 0.29) is 6.10 Å². The fourth-order valence-electron chi connectivity index (χ4n) is 1.68. The molecule has 1 N–H and O–H groups in total. The highest BCUT2D eigenvalue weighted by atomic mass is 16.5. The summed E-state index contributed by atoms with van der Waals surface area (Å²) in [5.41, 5.74) is 2.58. The van der Waals surface area contributed by atoms with Gasteiger partial charge in [0.2, 0.25) is 0 Å². The van der Waals surface area contributed by atoms with Crippen molar-refractivity contribution in [3.8, 4) is 0 Å². The maximum Gasteiger partial charge on any atom is 0.0928 e. The van der Waals surface area contributed by atoms with Crippen LogP contribution in [0.2, 0.25) is 0 Å². The van der Waals surface area contributed by atoms with Crippen LogP contribution in [0, 0.1) is 6.92 Å². The second kappa shape index (κ2) is 7.43. The third-order valence-electron chi connectivity index (χ3n) is 2.91. The van der Waals surface area contributed by atoms with Crippen LogP contribution < -0.4 is 5.32 Å². The number of rotatable bonds is 7. The number of hydrogen-bond donors (Lipinski definition) is 1. The zero-order chi connectivity index (χ0) is 12.7. The number of methoxy groups -OCH3 is 2. The van der Waals surface area contributed by atoms with E-state index < -0.39 is 0 Å². The molecule has 0 saturated heterocycles. The molecule has 0 aliphatic carbocycles. The zero-order valence-electron chi connectivity index (χ0n) is 11.2. The quantitative estimate of drug-likeness (QED) is 0.789. The van der Waals surface area contributed by atoms with Crippen LogP contribution in [0.15, 0.2) is 24.3 Å². The normalized spacial score (nSPS) is 14.6. The monoisotopic (exact) mass is 237 g/mol. The predicted molar refractivity (Wildman–Crippen MR) is 70.3 cm³/mol. The Hall–Kier alpha value is -0.900.